The molecule has 2 aromatic heterocycles. The molecule has 2 N–H and O–H groups in total. The van der Waals surface area contributed by atoms with Gasteiger partial charge in [-0.1, -0.05) is 0 Å². The second-order valence-electron chi connectivity index (χ2n) is 6.57. The average Bonchev–Trinajstić information content (AvgIpc) is 3.27. The van der Waals surface area contributed by atoms with Crippen molar-refractivity contribution in [1.82, 2.24) is 19.8 Å². The van der Waals surface area contributed by atoms with Gasteiger partial charge in [-0.15, -0.1) is 22.7 Å². The molecule has 0 atom stereocenters. The first-order chi connectivity index (χ1) is 12.1. The van der Waals surface area contributed by atoms with Crippen molar-refractivity contribution in [3.63, 3.8) is 0 Å². The molecular weight excluding hydrogens is 358 g/mol. The quantitative estimate of drug-likeness (QED) is 0.874. The van der Waals surface area contributed by atoms with Gasteiger partial charge in [0.15, 0.2) is 5.13 Å². The Morgan fingerprint density at radius 1 is 1.32 bits per heavy atom. The van der Waals surface area contributed by atoms with E-state index < -0.39 is 0 Å². The number of likely N-dealkylation sites (tertiary alicyclic amines) is 1. The standard InChI is InChI=1S/C16H21N5O2S2/c17-15-18-7-12(25-15)8-20-5-6-23-16(10-20)1-3-21(4-2-16)14(22)13-9-24-11-19-13/h7,9,11H,1-6,8,10H2,(H2,17,18). The highest BCUT2D eigenvalue weighted by Gasteiger charge is 2.40. The topological polar surface area (TPSA) is 84.6 Å². The van der Waals surface area contributed by atoms with E-state index in [0.29, 0.717) is 10.8 Å². The van der Waals surface area contributed by atoms with Crippen LogP contribution in [0.4, 0.5) is 5.13 Å². The van der Waals surface area contributed by atoms with E-state index >= 15 is 0 Å². The number of nitrogen functional groups attached to an aromatic ring is 1. The highest BCUT2D eigenvalue weighted by atomic mass is 32.1. The monoisotopic (exact) mass is 379 g/mol. The Morgan fingerprint density at radius 2 is 2.16 bits per heavy atom. The molecule has 4 rings (SSSR count). The second kappa shape index (κ2) is 6.99. The van der Waals surface area contributed by atoms with Crippen LogP contribution in [0.5, 0.6) is 0 Å². The van der Waals surface area contributed by atoms with Gasteiger partial charge >= 0.3 is 0 Å². The first-order valence-corrected chi connectivity index (χ1v) is 10.1. The number of rotatable bonds is 3. The highest BCUT2D eigenvalue weighted by Crippen LogP contribution is 2.31. The van der Waals surface area contributed by atoms with E-state index in [2.05, 4.69) is 14.9 Å². The minimum absolute atomic E-state index is 0.0314. The van der Waals surface area contributed by atoms with Crippen LogP contribution >= 0.6 is 22.7 Å². The van der Waals surface area contributed by atoms with Crippen LogP contribution in [0.3, 0.4) is 0 Å². The van der Waals surface area contributed by atoms with E-state index in [4.69, 9.17) is 10.5 Å². The van der Waals surface area contributed by atoms with Gasteiger partial charge in [0.05, 0.1) is 17.7 Å². The van der Waals surface area contributed by atoms with Gasteiger partial charge in [0.25, 0.3) is 5.91 Å². The molecule has 134 valence electrons. The predicted molar refractivity (Wildman–Crippen MR) is 97.7 cm³/mol. The van der Waals surface area contributed by atoms with Crippen molar-refractivity contribution in [2.45, 2.75) is 25.0 Å². The summed E-state index contributed by atoms with van der Waals surface area (Å²) in [5.41, 5.74) is 7.83. The van der Waals surface area contributed by atoms with E-state index in [9.17, 15) is 4.79 Å². The molecule has 0 unspecified atom stereocenters. The zero-order valence-corrected chi connectivity index (χ0v) is 15.5. The van der Waals surface area contributed by atoms with Crippen molar-refractivity contribution >= 4 is 33.7 Å². The number of thiazole rings is 2. The normalized spacial score (nSPS) is 20.9. The maximum Gasteiger partial charge on any atom is 0.273 e. The Labute approximate surface area is 154 Å². The van der Waals surface area contributed by atoms with Crippen LogP contribution in [-0.2, 0) is 11.3 Å². The number of hydrogen-bond acceptors (Lipinski definition) is 8. The summed E-state index contributed by atoms with van der Waals surface area (Å²) in [6, 6.07) is 0. The molecule has 0 aromatic carbocycles. The molecule has 7 nitrogen and oxygen atoms in total. The van der Waals surface area contributed by atoms with Gasteiger partial charge in [-0.2, -0.15) is 0 Å². The number of hydrogen-bond donors (Lipinski definition) is 1. The number of carbonyl (C=O) groups is 1. The van der Waals surface area contributed by atoms with Gasteiger partial charge in [0.2, 0.25) is 0 Å². The van der Waals surface area contributed by atoms with E-state index in [0.717, 1.165) is 52.2 Å². The molecule has 2 aliphatic rings. The number of ether oxygens (including phenoxy) is 1. The Bertz CT molecular complexity index is 725. The molecule has 0 radical (unpaired) electrons. The minimum atomic E-state index is -0.145. The smallest absolute Gasteiger partial charge is 0.273 e. The van der Waals surface area contributed by atoms with Crippen LogP contribution in [0.15, 0.2) is 17.1 Å². The van der Waals surface area contributed by atoms with Crippen LogP contribution in [0.2, 0.25) is 0 Å². The van der Waals surface area contributed by atoms with Crippen LogP contribution in [0.25, 0.3) is 0 Å². The molecular formula is C16H21N5O2S2. The number of nitrogens with zero attached hydrogens (tertiary/aromatic N) is 4. The Morgan fingerprint density at radius 3 is 2.84 bits per heavy atom. The lowest BCUT2D eigenvalue weighted by atomic mass is 9.89. The van der Waals surface area contributed by atoms with Crippen LogP contribution in [0.1, 0.15) is 28.2 Å². The fourth-order valence-electron chi connectivity index (χ4n) is 3.57. The molecule has 2 saturated heterocycles. The summed E-state index contributed by atoms with van der Waals surface area (Å²) in [6.07, 6.45) is 3.59. The van der Waals surface area contributed by atoms with Crippen molar-refractivity contribution in [3.05, 3.63) is 27.7 Å². The number of carbonyl (C=O) groups excluding carboxylic acids is 1. The summed E-state index contributed by atoms with van der Waals surface area (Å²) in [5, 5.41) is 2.43. The lowest BCUT2D eigenvalue weighted by molar-refractivity contribution is -0.134. The van der Waals surface area contributed by atoms with Crippen molar-refractivity contribution in [2.75, 3.05) is 38.5 Å². The van der Waals surface area contributed by atoms with Crippen LogP contribution in [-0.4, -0.2) is 64.1 Å². The fraction of sp³-hybridized carbons (Fsp3) is 0.562. The van der Waals surface area contributed by atoms with E-state index in [-0.39, 0.29) is 11.5 Å². The molecule has 4 heterocycles. The van der Waals surface area contributed by atoms with E-state index in [1.807, 2.05) is 16.5 Å². The van der Waals surface area contributed by atoms with Crippen molar-refractivity contribution in [3.8, 4) is 0 Å². The van der Waals surface area contributed by atoms with Crippen molar-refractivity contribution < 1.29 is 9.53 Å². The first kappa shape index (κ1) is 16.9. The minimum Gasteiger partial charge on any atom is -0.375 e. The Kier molecular flexibility index (Phi) is 4.72. The molecule has 0 saturated carbocycles. The number of aromatic nitrogens is 2. The first-order valence-electron chi connectivity index (χ1n) is 8.38. The lowest BCUT2D eigenvalue weighted by Gasteiger charge is -2.47. The van der Waals surface area contributed by atoms with Gasteiger partial charge < -0.3 is 15.4 Å². The third-order valence-corrected chi connectivity index (χ3v) is 6.29. The average molecular weight is 380 g/mol. The summed E-state index contributed by atoms with van der Waals surface area (Å²) >= 11 is 3.00. The van der Waals surface area contributed by atoms with E-state index in [1.165, 1.54) is 16.2 Å². The highest BCUT2D eigenvalue weighted by molar-refractivity contribution is 7.15. The van der Waals surface area contributed by atoms with Gasteiger partial charge in [-0.05, 0) is 12.8 Å². The number of anilines is 1. The summed E-state index contributed by atoms with van der Waals surface area (Å²) in [5.74, 6) is 0.0314. The molecule has 1 amide bonds. The van der Waals surface area contributed by atoms with Crippen LogP contribution < -0.4 is 5.73 Å². The van der Waals surface area contributed by atoms with Gasteiger partial charge in [0, 0.05) is 49.2 Å². The van der Waals surface area contributed by atoms with E-state index in [1.54, 1.807) is 16.8 Å². The molecule has 0 bridgehead atoms. The number of amides is 1. The molecule has 9 heteroatoms. The predicted octanol–water partition coefficient (Wildman–Crippen LogP) is 1.69. The molecule has 2 aliphatic heterocycles. The lowest BCUT2D eigenvalue weighted by Crippen LogP contribution is -2.57. The summed E-state index contributed by atoms with van der Waals surface area (Å²) < 4.78 is 6.17. The third kappa shape index (κ3) is 3.69. The summed E-state index contributed by atoms with van der Waals surface area (Å²) in [6.45, 7) is 4.84. The number of nitrogens with two attached hydrogens (primary N) is 1. The zero-order valence-electron chi connectivity index (χ0n) is 13.9. The van der Waals surface area contributed by atoms with Gasteiger partial charge in [0.1, 0.15) is 5.69 Å². The molecule has 2 aromatic rings. The molecule has 0 aliphatic carbocycles. The molecule has 1 spiro atoms. The van der Waals surface area contributed by atoms with Crippen LogP contribution in [0, 0.1) is 0 Å². The summed E-state index contributed by atoms with van der Waals surface area (Å²) in [7, 11) is 0. The van der Waals surface area contributed by atoms with Crippen molar-refractivity contribution in [1.29, 1.82) is 0 Å². The zero-order chi connectivity index (χ0) is 17.3. The maximum absolute atomic E-state index is 12.4. The fourth-order valence-corrected chi connectivity index (χ4v) is 4.83. The SMILES string of the molecule is Nc1ncc(CN2CCOC3(CCN(C(=O)c4cscn4)CC3)C2)s1. The number of piperidine rings is 1. The van der Waals surface area contributed by atoms with Gasteiger partial charge in [-0.3, -0.25) is 9.69 Å². The molecule has 2 fully saturated rings. The maximum atomic E-state index is 12.4. The van der Waals surface area contributed by atoms with Gasteiger partial charge in [-0.25, -0.2) is 9.97 Å². The largest absolute Gasteiger partial charge is 0.375 e. The Hall–Kier alpha value is -1.55. The third-order valence-electron chi connectivity index (χ3n) is 4.89. The second-order valence-corrected chi connectivity index (χ2v) is 8.44. The molecule has 25 heavy (non-hydrogen) atoms. The van der Waals surface area contributed by atoms with Crippen molar-refractivity contribution in [2.24, 2.45) is 0 Å². The Balaban J connectivity index is 1.36. The summed E-state index contributed by atoms with van der Waals surface area (Å²) in [4.78, 5) is 26.2. The number of morpholine rings is 1.